The molecular formula is C14H14N4O3. The summed E-state index contributed by atoms with van der Waals surface area (Å²) in [6.07, 6.45) is 1.62. The van der Waals surface area contributed by atoms with E-state index in [9.17, 15) is 9.59 Å². The second-order valence-electron chi connectivity index (χ2n) is 4.29. The molecule has 2 rings (SSSR count). The highest BCUT2D eigenvalue weighted by Crippen LogP contribution is 2.10. The van der Waals surface area contributed by atoms with E-state index in [1.807, 2.05) is 0 Å². The Kier molecular flexibility index (Phi) is 4.45. The second kappa shape index (κ2) is 6.47. The van der Waals surface area contributed by atoms with Gasteiger partial charge in [0.05, 0.1) is 17.8 Å². The maximum atomic E-state index is 11.7. The molecule has 2 aromatic rings. The topological polar surface area (TPSA) is 104 Å². The van der Waals surface area contributed by atoms with Crippen LogP contribution in [-0.4, -0.2) is 27.1 Å². The molecule has 0 bridgehead atoms. The molecule has 0 aliphatic heterocycles. The molecular weight excluding hydrogens is 272 g/mol. The van der Waals surface area contributed by atoms with Crippen molar-refractivity contribution in [2.45, 2.75) is 13.5 Å². The fraction of sp³-hybridized carbons (Fsp3) is 0.143. The highest BCUT2D eigenvalue weighted by atomic mass is 16.4. The van der Waals surface area contributed by atoms with E-state index in [1.54, 1.807) is 31.3 Å². The smallest absolute Gasteiger partial charge is 0.335 e. The summed E-state index contributed by atoms with van der Waals surface area (Å²) in [6, 6.07) is 7.28. The first kappa shape index (κ1) is 14.4. The number of anilines is 1. The van der Waals surface area contributed by atoms with Crippen LogP contribution < -0.4 is 10.6 Å². The predicted molar refractivity (Wildman–Crippen MR) is 76.0 cm³/mol. The Morgan fingerprint density at radius 2 is 2.10 bits per heavy atom. The summed E-state index contributed by atoms with van der Waals surface area (Å²) in [6.45, 7) is 2.02. The number of rotatable bonds is 4. The lowest BCUT2D eigenvalue weighted by atomic mass is 10.2. The lowest BCUT2D eigenvalue weighted by Gasteiger charge is -2.08. The fourth-order valence-corrected chi connectivity index (χ4v) is 1.68. The molecule has 0 saturated heterocycles. The van der Waals surface area contributed by atoms with E-state index in [2.05, 4.69) is 20.6 Å². The van der Waals surface area contributed by atoms with Crippen molar-refractivity contribution in [1.29, 1.82) is 0 Å². The van der Waals surface area contributed by atoms with Gasteiger partial charge in [-0.05, 0) is 31.2 Å². The van der Waals surface area contributed by atoms with Crippen LogP contribution >= 0.6 is 0 Å². The van der Waals surface area contributed by atoms with E-state index in [-0.39, 0.29) is 12.1 Å². The Hall–Kier alpha value is -2.96. The monoisotopic (exact) mass is 286 g/mol. The van der Waals surface area contributed by atoms with Gasteiger partial charge in [-0.25, -0.2) is 19.6 Å². The summed E-state index contributed by atoms with van der Waals surface area (Å²) >= 11 is 0. The van der Waals surface area contributed by atoms with Gasteiger partial charge in [0.2, 0.25) is 0 Å². The number of carbonyl (C=O) groups excluding carboxylic acids is 1. The summed E-state index contributed by atoms with van der Waals surface area (Å²) in [5.74, 6) is -0.417. The van der Waals surface area contributed by atoms with Gasteiger partial charge in [0.15, 0.2) is 0 Å². The summed E-state index contributed by atoms with van der Waals surface area (Å²) < 4.78 is 0. The van der Waals surface area contributed by atoms with E-state index in [0.29, 0.717) is 17.2 Å². The van der Waals surface area contributed by atoms with Crippen LogP contribution in [-0.2, 0) is 6.54 Å². The van der Waals surface area contributed by atoms with Crippen molar-refractivity contribution in [3.63, 3.8) is 0 Å². The number of nitrogens with one attached hydrogen (secondary N) is 2. The van der Waals surface area contributed by atoms with Gasteiger partial charge in [-0.15, -0.1) is 0 Å². The average Bonchev–Trinajstić information content (AvgIpc) is 2.45. The van der Waals surface area contributed by atoms with Gasteiger partial charge in [-0.1, -0.05) is 6.07 Å². The molecule has 7 nitrogen and oxygen atoms in total. The second-order valence-corrected chi connectivity index (χ2v) is 4.29. The number of benzene rings is 1. The first-order chi connectivity index (χ1) is 10.0. The first-order valence-electron chi connectivity index (χ1n) is 6.21. The van der Waals surface area contributed by atoms with Gasteiger partial charge in [0, 0.05) is 11.9 Å². The Bertz CT molecular complexity index is 673. The van der Waals surface area contributed by atoms with E-state index in [1.165, 1.54) is 12.1 Å². The number of carboxylic acid groups (broad SMARTS) is 1. The molecule has 7 heteroatoms. The fourth-order valence-electron chi connectivity index (χ4n) is 1.68. The third-order valence-corrected chi connectivity index (χ3v) is 2.63. The number of hydrogen-bond donors (Lipinski definition) is 3. The zero-order valence-corrected chi connectivity index (χ0v) is 11.3. The van der Waals surface area contributed by atoms with Crippen LogP contribution in [0.2, 0.25) is 0 Å². The molecule has 0 radical (unpaired) electrons. The van der Waals surface area contributed by atoms with E-state index < -0.39 is 12.0 Å². The largest absolute Gasteiger partial charge is 0.478 e. The van der Waals surface area contributed by atoms with Gasteiger partial charge >= 0.3 is 12.0 Å². The lowest BCUT2D eigenvalue weighted by Crippen LogP contribution is -2.28. The van der Waals surface area contributed by atoms with Gasteiger partial charge in [-0.2, -0.15) is 0 Å². The highest BCUT2D eigenvalue weighted by molar-refractivity contribution is 5.93. The molecule has 1 aromatic heterocycles. The van der Waals surface area contributed by atoms with Crippen molar-refractivity contribution in [3.05, 3.63) is 53.6 Å². The van der Waals surface area contributed by atoms with Crippen molar-refractivity contribution < 1.29 is 14.7 Å². The Morgan fingerprint density at radius 3 is 2.81 bits per heavy atom. The first-order valence-corrected chi connectivity index (χ1v) is 6.21. The molecule has 3 N–H and O–H groups in total. The van der Waals surface area contributed by atoms with Crippen LogP contribution in [0.3, 0.4) is 0 Å². The Labute approximate surface area is 121 Å². The summed E-state index contributed by atoms with van der Waals surface area (Å²) in [4.78, 5) is 30.7. The van der Waals surface area contributed by atoms with Crippen LogP contribution in [0.1, 0.15) is 21.9 Å². The van der Waals surface area contributed by atoms with Gasteiger partial charge in [0.25, 0.3) is 0 Å². The van der Waals surface area contributed by atoms with Crippen LogP contribution in [0, 0.1) is 6.92 Å². The molecule has 0 unspecified atom stereocenters. The highest BCUT2D eigenvalue weighted by Gasteiger charge is 2.06. The number of nitrogens with zero attached hydrogens (tertiary/aromatic N) is 2. The van der Waals surface area contributed by atoms with Gasteiger partial charge in [0.1, 0.15) is 5.82 Å². The molecule has 2 amide bonds. The van der Waals surface area contributed by atoms with E-state index in [4.69, 9.17) is 5.11 Å². The molecule has 0 aliphatic rings. The maximum absolute atomic E-state index is 11.7. The average molecular weight is 286 g/mol. The molecule has 1 heterocycles. The minimum absolute atomic E-state index is 0.110. The van der Waals surface area contributed by atoms with Gasteiger partial charge < -0.3 is 15.7 Å². The van der Waals surface area contributed by atoms with Crippen molar-refractivity contribution in [1.82, 2.24) is 15.3 Å². The lowest BCUT2D eigenvalue weighted by molar-refractivity contribution is 0.0697. The number of aryl methyl sites for hydroxylation is 1. The van der Waals surface area contributed by atoms with Gasteiger partial charge in [-0.3, -0.25) is 0 Å². The standard InChI is InChI=1S/C14H14N4O3/c1-9-15-6-5-12(17-9)8-16-14(21)18-11-4-2-3-10(7-11)13(19)20/h2-7H,8H2,1H3,(H,19,20)(H2,16,18,21). The molecule has 1 aromatic carbocycles. The number of amides is 2. The predicted octanol–water partition coefficient (Wildman–Crippen LogP) is 1.80. The summed E-state index contributed by atoms with van der Waals surface area (Å²) in [5, 5.41) is 14.1. The van der Waals surface area contributed by atoms with Crippen LogP contribution in [0.4, 0.5) is 10.5 Å². The van der Waals surface area contributed by atoms with Crippen LogP contribution in [0.25, 0.3) is 0 Å². The maximum Gasteiger partial charge on any atom is 0.335 e. The van der Waals surface area contributed by atoms with E-state index in [0.717, 1.165) is 0 Å². The SMILES string of the molecule is Cc1nccc(CNC(=O)Nc2cccc(C(=O)O)c2)n1. The molecule has 0 spiro atoms. The number of aromatic carboxylic acids is 1. The zero-order chi connectivity index (χ0) is 15.2. The molecule has 21 heavy (non-hydrogen) atoms. The Balaban J connectivity index is 1.93. The normalized spacial score (nSPS) is 9.95. The number of hydrogen-bond acceptors (Lipinski definition) is 4. The van der Waals surface area contributed by atoms with Crippen molar-refractivity contribution in [2.75, 3.05) is 5.32 Å². The minimum atomic E-state index is -1.05. The van der Waals surface area contributed by atoms with Crippen LogP contribution in [0.5, 0.6) is 0 Å². The zero-order valence-electron chi connectivity index (χ0n) is 11.3. The number of carbonyl (C=O) groups is 2. The molecule has 0 fully saturated rings. The minimum Gasteiger partial charge on any atom is -0.478 e. The van der Waals surface area contributed by atoms with Crippen molar-refractivity contribution >= 4 is 17.7 Å². The number of urea groups is 1. The summed E-state index contributed by atoms with van der Waals surface area (Å²) in [7, 11) is 0. The third kappa shape index (κ3) is 4.27. The number of carboxylic acids is 1. The molecule has 0 atom stereocenters. The number of aromatic nitrogens is 2. The van der Waals surface area contributed by atoms with Crippen molar-refractivity contribution in [3.8, 4) is 0 Å². The quantitative estimate of drug-likeness (QED) is 0.795. The third-order valence-electron chi connectivity index (χ3n) is 2.63. The molecule has 0 aliphatic carbocycles. The summed E-state index contributed by atoms with van der Waals surface area (Å²) in [5.41, 5.74) is 1.21. The van der Waals surface area contributed by atoms with E-state index >= 15 is 0 Å². The molecule has 108 valence electrons. The molecule has 0 saturated carbocycles. The van der Waals surface area contributed by atoms with Crippen LogP contribution in [0.15, 0.2) is 36.5 Å². The van der Waals surface area contributed by atoms with Crippen molar-refractivity contribution in [2.24, 2.45) is 0 Å². The Morgan fingerprint density at radius 1 is 1.29 bits per heavy atom.